The van der Waals surface area contributed by atoms with E-state index in [1.54, 1.807) is 0 Å². The van der Waals surface area contributed by atoms with E-state index in [0.29, 0.717) is 6.54 Å². The summed E-state index contributed by atoms with van der Waals surface area (Å²) in [6, 6.07) is 7.82. The molecule has 104 valence electrons. The lowest BCUT2D eigenvalue weighted by atomic mass is 9.88. The molecule has 1 atom stereocenters. The van der Waals surface area contributed by atoms with Gasteiger partial charge in [0.15, 0.2) is 0 Å². The van der Waals surface area contributed by atoms with E-state index >= 15 is 0 Å². The number of benzene rings is 1. The summed E-state index contributed by atoms with van der Waals surface area (Å²) in [6.07, 6.45) is 1.76. The van der Waals surface area contributed by atoms with Crippen molar-refractivity contribution in [2.45, 2.75) is 18.4 Å². The van der Waals surface area contributed by atoms with Gasteiger partial charge in [-0.25, -0.2) is 4.79 Å². The van der Waals surface area contributed by atoms with Gasteiger partial charge in [-0.2, -0.15) is 0 Å². The molecule has 1 N–H and O–H groups in total. The van der Waals surface area contributed by atoms with Crippen molar-refractivity contribution >= 4 is 27.6 Å². The van der Waals surface area contributed by atoms with Crippen LogP contribution < -0.4 is 5.32 Å². The number of esters is 1. The first-order valence-corrected chi connectivity index (χ1v) is 7.16. The van der Waals surface area contributed by atoms with E-state index in [0.717, 1.165) is 29.5 Å². The number of piperidine rings is 1. The van der Waals surface area contributed by atoms with Gasteiger partial charge in [-0.05, 0) is 54.5 Å². The van der Waals surface area contributed by atoms with E-state index in [9.17, 15) is 4.79 Å². The van der Waals surface area contributed by atoms with Gasteiger partial charge in [0, 0.05) is 16.7 Å². The number of rotatable bonds is 3. The van der Waals surface area contributed by atoms with Gasteiger partial charge in [0.1, 0.15) is 5.54 Å². The van der Waals surface area contributed by atoms with Crippen LogP contribution >= 0.6 is 15.9 Å². The Morgan fingerprint density at radius 3 is 2.84 bits per heavy atom. The summed E-state index contributed by atoms with van der Waals surface area (Å²) in [5, 5.41) is 3.38. The monoisotopic (exact) mass is 326 g/mol. The Balaban J connectivity index is 2.28. The maximum atomic E-state index is 12.2. The van der Waals surface area contributed by atoms with Crippen molar-refractivity contribution in [1.82, 2.24) is 4.90 Å². The lowest BCUT2D eigenvalue weighted by Gasteiger charge is -2.40. The maximum Gasteiger partial charge on any atom is 0.332 e. The van der Waals surface area contributed by atoms with Crippen LogP contribution in [0.25, 0.3) is 0 Å². The fraction of sp³-hybridized carbons (Fsp3) is 0.500. The number of likely N-dealkylation sites (tertiary alicyclic amines) is 1. The molecule has 0 bridgehead atoms. The summed E-state index contributed by atoms with van der Waals surface area (Å²) in [5.74, 6) is -0.199. The summed E-state index contributed by atoms with van der Waals surface area (Å²) in [5.41, 5.74) is 0.259. The van der Waals surface area contributed by atoms with Gasteiger partial charge in [-0.15, -0.1) is 0 Å². The number of anilines is 1. The van der Waals surface area contributed by atoms with E-state index in [1.807, 2.05) is 31.3 Å². The molecule has 1 aliphatic heterocycles. The number of carbonyl (C=O) groups is 1. The Morgan fingerprint density at radius 1 is 1.47 bits per heavy atom. The molecule has 0 saturated carbocycles. The lowest BCUT2D eigenvalue weighted by Crippen LogP contribution is -2.57. The van der Waals surface area contributed by atoms with Gasteiger partial charge in [-0.3, -0.25) is 0 Å². The second kappa shape index (κ2) is 5.92. The predicted octanol–water partition coefficient (Wildman–Crippen LogP) is 2.50. The van der Waals surface area contributed by atoms with Crippen LogP contribution in [0.4, 0.5) is 5.69 Å². The number of ether oxygens (including phenoxy) is 1. The number of para-hydroxylation sites is 1. The fourth-order valence-corrected chi connectivity index (χ4v) is 2.99. The van der Waals surface area contributed by atoms with Crippen LogP contribution in [0.5, 0.6) is 0 Å². The van der Waals surface area contributed by atoms with Crippen molar-refractivity contribution in [2.75, 3.05) is 32.6 Å². The maximum absolute atomic E-state index is 12.2. The molecular weight excluding hydrogens is 308 g/mol. The predicted molar refractivity (Wildman–Crippen MR) is 79.2 cm³/mol. The second-order valence-corrected chi connectivity index (χ2v) is 5.87. The lowest BCUT2D eigenvalue weighted by molar-refractivity contribution is -0.147. The highest BCUT2D eigenvalue weighted by atomic mass is 79.9. The van der Waals surface area contributed by atoms with Gasteiger partial charge in [0.25, 0.3) is 0 Å². The highest BCUT2D eigenvalue weighted by Crippen LogP contribution is 2.30. The van der Waals surface area contributed by atoms with E-state index in [1.165, 1.54) is 7.11 Å². The SMILES string of the molecule is COC(=O)C1(Nc2ccccc2Br)CCCN(C)C1. The van der Waals surface area contributed by atoms with Crippen LogP contribution in [-0.4, -0.2) is 43.7 Å². The standard InChI is InChI=1S/C14H19BrN2O2/c1-17-9-5-8-14(10-17,13(18)19-2)16-12-7-4-3-6-11(12)15/h3-4,6-7,16H,5,8-10H2,1-2H3. The van der Waals surface area contributed by atoms with Crippen LogP contribution in [0.1, 0.15) is 12.8 Å². The number of hydrogen-bond acceptors (Lipinski definition) is 4. The van der Waals surface area contributed by atoms with Crippen LogP contribution in [0, 0.1) is 0 Å². The molecule has 19 heavy (non-hydrogen) atoms. The number of nitrogens with one attached hydrogen (secondary N) is 1. The van der Waals surface area contributed by atoms with Crippen molar-refractivity contribution in [3.63, 3.8) is 0 Å². The smallest absolute Gasteiger partial charge is 0.332 e. The van der Waals surface area contributed by atoms with Crippen molar-refractivity contribution in [3.05, 3.63) is 28.7 Å². The van der Waals surface area contributed by atoms with E-state index in [2.05, 4.69) is 26.1 Å². The first-order valence-electron chi connectivity index (χ1n) is 6.37. The summed E-state index contributed by atoms with van der Waals surface area (Å²) in [7, 11) is 3.47. The van der Waals surface area contributed by atoms with Gasteiger partial charge < -0.3 is 15.0 Å². The summed E-state index contributed by atoms with van der Waals surface area (Å²) < 4.78 is 5.96. The molecule has 4 nitrogen and oxygen atoms in total. The molecule has 0 amide bonds. The quantitative estimate of drug-likeness (QED) is 0.866. The molecule has 5 heteroatoms. The molecule has 0 aliphatic carbocycles. The molecule has 0 spiro atoms. The highest BCUT2D eigenvalue weighted by molar-refractivity contribution is 9.10. The first kappa shape index (κ1) is 14.3. The molecule has 2 rings (SSSR count). The van der Waals surface area contributed by atoms with E-state index < -0.39 is 5.54 Å². The highest BCUT2D eigenvalue weighted by Gasteiger charge is 2.42. The normalized spacial score (nSPS) is 23.9. The molecule has 1 fully saturated rings. The van der Waals surface area contributed by atoms with Crippen molar-refractivity contribution in [1.29, 1.82) is 0 Å². The summed E-state index contributed by atoms with van der Waals surface area (Å²) >= 11 is 3.51. The topological polar surface area (TPSA) is 41.6 Å². The minimum atomic E-state index is -0.661. The zero-order valence-electron chi connectivity index (χ0n) is 11.3. The summed E-state index contributed by atoms with van der Waals surface area (Å²) in [6.45, 7) is 1.66. The van der Waals surface area contributed by atoms with Gasteiger partial charge >= 0.3 is 5.97 Å². The number of hydrogen-bond donors (Lipinski definition) is 1. The van der Waals surface area contributed by atoms with Crippen molar-refractivity contribution < 1.29 is 9.53 Å². The molecule has 1 heterocycles. The van der Waals surface area contributed by atoms with Gasteiger partial charge in [0.05, 0.1) is 7.11 Å². The average molecular weight is 327 g/mol. The Morgan fingerprint density at radius 2 is 2.21 bits per heavy atom. The largest absolute Gasteiger partial charge is 0.467 e. The fourth-order valence-electron chi connectivity index (χ4n) is 2.61. The van der Waals surface area contributed by atoms with Crippen LogP contribution in [-0.2, 0) is 9.53 Å². The molecular formula is C14H19BrN2O2. The molecule has 1 aromatic rings. The Hall–Kier alpha value is -1.07. The number of nitrogens with zero attached hydrogens (tertiary/aromatic N) is 1. The Kier molecular flexibility index (Phi) is 4.47. The Labute approximate surface area is 122 Å². The second-order valence-electron chi connectivity index (χ2n) is 5.02. The van der Waals surface area contributed by atoms with Crippen molar-refractivity contribution in [3.8, 4) is 0 Å². The molecule has 0 radical (unpaired) electrons. The third kappa shape index (κ3) is 3.09. The molecule has 1 aliphatic rings. The molecule has 1 aromatic carbocycles. The van der Waals surface area contributed by atoms with Gasteiger partial charge in [0.2, 0.25) is 0 Å². The van der Waals surface area contributed by atoms with E-state index in [4.69, 9.17) is 4.74 Å². The molecule has 1 unspecified atom stereocenters. The van der Waals surface area contributed by atoms with E-state index in [-0.39, 0.29) is 5.97 Å². The zero-order chi connectivity index (χ0) is 13.9. The zero-order valence-corrected chi connectivity index (χ0v) is 12.9. The third-order valence-corrected chi connectivity index (χ3v) is 4.20. The minimum absolute atomic E-state index is 0.199. The number of methoxy groups -OCH3 is 1. The first-order chi connectivity index (χ1) is 9.07. The van der Waals surface area contributed by atoms with Crippen LogP contribution in [0.15, 0.2) is 28.7 Å². The number of carbonyl (C=O) groups excluding carboxylic acids is 1. The molecule has 0 aromatic heterocycles. The van der Waals surface area contributed by atoms with Gasteiger partial charge in [-0.1, -0.05) is 12.1 Å². The van der Waals surface area contributed by atoms with Crippen molar-refractivity contribution in [2.24, 2.45) is 0 Å². The van der Waals surface area contributed by atoms with Crippen LogP contribution in [0.2, 0.25) is 0 Å². The average Bonchev–Trinajstić information content (AvgIpc) is 2.40. The minimum Gasteiger partial charge on any atom is -0.467 e. The summed E-state index contributed by atoms with van der Waals surface area (Å²) in [4.78, 5) is 14.4. The third-order valence-electron chi connectivity index (χ3n) is 3.51. The number of likely N-dealkylation sites (N-methyl/N-ethyl adjacent to an activating group) is 1. The number of halogens is 1. The molecule has 1 saturated heterocycles. The van der Waals surface area contributed by atoms with Crippen LogP contribution in [0.3, 0.4) is 0 Å². The Bertz CT molecular complexity index is 467.